The summed E-state index contributed by atoms with van der Waals surface area (Å²) in [7, 11) is 1.76. The molecule has 0 fully saturated rings. The Morgan fingerprint density at radius 1 is 1.28 bits per heavy atom. The van der Waals surface area contributed by atoms with Crippen molar-refractivity contribution in [2.75, 3.05) is 7.11 Å². The van der Waals surface area contributed by atoms with E-state index < -0.39 is 0 Å². The number of nitrogens with two attached hydrogens (primary N) is 1. The summed E-state index contributed by atoms with van der Waals surface area (Å²) < 4.78 is 7.55. The van der Waals surface area contributed by atoms with E-state index in [0.29, 0.717) is 13.0 Å². The van der Waals surface area contributed by atoms with Gasteiger partial charge in [-0.05, 0) is 62.3 Å². The molecule has 5 heteroatoms. The average Bonchev–Trinajstić information content (AvgIpc) is 3.13. The van der Waals surface area contributed by atoms with Crippen LogP contribution in [-0.4, -0.2) is 22.8 Å². The van der Waals surface area contributed by atoms with Crippen LogP contribution in [-0.2, 0) is 30.6 Å². The summed E-state index contributed by atoms with van der Waals surface area (Å²) in [5, 5.41) is 4.61. The second kappa shape index (κ2) is 6.90. The predicted molar refractivity (Wildman–Crippen MR) is 98.1 cm³/mol. The van der Waals surface area contributed by atoms with Gasteiger partial charge in [-0.3, -0.25) is 9.48 Å². The van der Waals surface area contributed by atoms with Crippen molar-refractivity contribution in [2.24, 2.45) is 5.73 Å². The number of carbonyl (C=O) groups is 1. The van der Waals surface area contributed by atoms with Crippen LogP contribution in [0, 0.1) is 20.8 Å². The number of ether oxygens (including phenoxy) is 1. The van der Waals surface area contributed by atoms with Gasteiger partial charge in [0.25, 0.3) is 0 Å². The molecule has 0 atom stereocenters. The van der Waals surface area contributed by atoms with Crippen LogP contribution in [0.1, 0.15) is 52.0 Å². The summed E-state index contributed by atoms with van der Waals surface area (Å²) in [6.07, 6.45) is 4.61. The molecule has 5 nitrogen and oxygen atoms in total. The fourth-order valence-electron chi connectivity index (χ4n) is 4.06. The van der Waals surface area contributed by atoms with Crippen LogP contribution < -0.4 is 10.5 Å². The minimum Gasteiger partial charge on any atom is -0.496 e. The number of methoxy groups -OCH3 is 1. The predicted octanol–water partition coefficient (Wildman–Crippen LogP) is 2.77. The molecule has 0 saturated heterocycles. The standard InChI is InChI=1S/C20H27N3O2/c1-12-10-15(16-6-5-7-17(16)20(12)25-4)11-18-13(2)22-23(14(18)3)9-8-19(21)24/h10H,5-9,11H2,1-4H3,(H2,21,24). The van der Waals surface area contributed by atoms with Gasteiger partial charge < -0.3 is 10.5 Å². The Morgan fingerprint density at radius 2 is 2.00 bits per heavy atom. The van der Waals surface area contributed by atoms with E-state index in [9.17, 15) is 4.79 Å². The lowest BCUT2D eigenvalue weighted by Crippen LogP contribution is -2.15. The Balaban J connectivity index is 1.95. The van der Waals surface area contributed by atoms with Crippen LogP contribution in [0.15, 0.2) is 6.07 Å². The largest absolute Gasteiger partial charge is 0.496 e. The molecule has 0 radical (unpaired) electrons. The molecule has 134 valence electrons. The van der Waals surface area contributed by atoms with Crippen molar-refractivity contribution in [1.29, 1.82) is 0 Å². The van der Waals surface area contributed by atoms with Crippen LogP contribution in [0.5, 0.6) is 5.75 Å². The number of hydrogen-bond acceptors (Lipinski definition) is 3. The van der Waals surface area contributed by atoms with E-state index in [2.05, 4.69) is 25.0 Å². The molecule has 0 bridgehead atoms. The normalized spacial score (nSPS) is 13.1. The first-order valence-corrected chi connectivity index (χ1v) is 8.91. The number of hydrogen-bond donors (Lipinski definition) is 1. The molecule has 3 rings (SSSR count). The number of amides is 1. The number of nitrogens with zero attached hydrogens (tertiary/aromatic N) is 2. The number of rotatable bonds is 6. The number of fused-ring (bicyclic) bond motifs is 1. The smallest absolute Gasteiger partial charge is 0.219 e. The fraction of sp³-hybridized carbons (Fsp3) is 0.500. The number of benzene rings is 1. The van der Waals surface area contributed by atoms with Gasteiger partial charge in [-0.1, -0.05) is 6.07 Å². The van der Waals surface area contributed by atoms with Gasteiger partial charge in [0.2, 0.25) is 5.91 Å². The first kappa shape index (κ1) is 17.5. The SMILES string of the molecule is COc1c(C)cc(Cc2c(C)nn(CCC(N)=O)c2C)c2c1CCC2. The maximum atomic E-state index is 11.1. The van der Waals surface area contributed by atoms with Crippen molar-refractivity contribution in [3.05, 3.63) is 45.3 Å². The quantitative estimate of drug-likeness (QED) is 0.878. The van der Waals surface area contributed by atoms with E-state index in [1.165, 1.54) is 34.2 Å². The van der Waals surface area contributed by atoms with E-state index in [1.54, 1.807) is 7.11 Å². The summed E-state index contributed by atoms with van der Waals surface area (Å²) in [6, 6.07) is 2.27. The third kappa shape index (κ3) is 3.28. The van der Waals surface area contributed by atoms with Crippen molar-refractivity contribution in [1.82, 2.24) is 9.78 Å². The minimum absolute atomic E-state index is 0.294. The third-order valence-electron chi connectivity index (χ3n) is 5.30. The Labute approximate surface area is 149 Å². The summed E-state index contributed by atoms with van der Waals surface area (Å²) >= 11 is 0. The van der Waals surface area contributed by atoms with Gasteiger partial charge in [-0.15, -0.1) is 0 Å². The highest BCUT2D eigenvalue weighted by Crippen LogP contribution is 2.37. The van der Waals surface area contributed by atoms with Gasteiger partial charge in [0.1, 0.15) is 5.75 Å². The summed E-state index contributed by atoms with van der Waals surface area (Å²) in [5.74, 6) is 0.763. The summed E-state index contributed by atoms with van der Waals surface area (Å²) in [6.45, 7) is 6.78. The zero-order chi connectivity index (χ0) is 18.1. The lowest BCUT2D eigenvalue weighted by Gasteiger charge is -2.16. The summed E-state index contributed by atoms with van der Waals surface area (Å²) in [5.41, 5.74) is 14.1. The summed E-state index contributed by atoms with van der Waals surface area (Å²) in [4.78, 5) is 11.1. The van der Waals surface area contributed by atoms with E-state index in [1.807, 2.05) is 11.6 Å². The Hall–Kier alpha value is -2.30. The highest BCUT2D eigenvalue weighted by Gasteiger charge is 2.23. The maximum absolute atomic E-state index is 11.1. The van der Waals surface area contributed by atoms with Crippen molar-refractivity contribution < 1.29 is 9.53 Å². The van der Waals surface area contributed by atoms with Gasteiger partial charge in [-0.2, -0.15) is 5.10 Å². The fourth-order valence-corrected chi connectivity index (χ4v) is 4.06. The molecular weight excluding hydrogens is 314 g/mol. The number of carbonyl (C=O) groups excluding carboxylic acids is 1. The lowest BCUT2D eigenvalue weighted by molar-refractivity contribution is -0.118. The topological polar surface area (TPSA) is 70.1 Å². The average molecular weight is 341 g/mol. The molecule has 1 heterocycles. The van der Waals surface area contributed by atoms with E-state index in [0.717, 1.165) is 36.4 Å². The van der Waals surface area contributed by atoms with Crippen molar-refractivity contribution in [3.63, 3.8) is 0 Å². The van der Waals surface area contributed by atoms with Crippen molar-refractivity contribution in [3.8, 4) is 5.75 Å². The third-order valence-corrected chi connectivity index (χ3v) is 5.30. The Bertz CT molecular complexity index is 821. The maximum Gasteiger partial charge on any atom is 0.219 e. The number of aryl methyl sites for hydroxylation is 3. The molecule has 1 aliphatic rings. The molecule has 25 heavy (non-hydrogen) atoms. The van der Waals surface area contributed by atoms with Crippen molar-refractivity contribution in [2.45, 2.75) is 59.4 Å². The molecule has 1 amide bonds. The number of primary amides is 1. The second-order valence-electron chi connectivity index (χ2n) is 6.96. The van der Waals surface area contributed by atoms with Crippen LogP contribution >= 0.6 is 0 Å². The van der Waals surface area contributed by atoms with Crippen molar-refractivity contribution >= 4 is 5.91 Å². The van der Waals surface area contributed by atoms with Gasteiger partial charge in [0.05, 0.1) is 12.8 Å². The Kier molecular flexibility index (Phi) is 4.84. The van der Waals surface area contributed by atoms with Crippen LogP contribution in [0.4, 0.5) is 0 Å². The van der Waals surface area contributed by atoms with Crippen LogP contribution in [0.3, 0.4) is 0 Å². The molecular formula is C20H27N3O2. The molecule has 1 aliphatic carbocycles. The van der Waals surface area contributed by atoms with E-state index in [-0.39, 0.29) is 5.91 Å². The minimum atomic E-state index is -0.294. The number of aromatic nitrogens is 2. The van der Waals surface area contributed by atoms with Gasteiger partial charge in [-0.25, -0.2) is 0 Å². The van der Waals surface area contributed by atoms with Crippen LogP contribution in [0.2, 0.25) is 0 Å². The lowest BCUT2D eigenvalue weighted by atomic mass is 9.93. The molecule has 0 spiro atoms. The molecule has 2 N–H and O–H groups in total. The van der Waals surface area contributed by atoms with Gasteiger partial charge in [0.15, 0.2) is 0 Å². The molecule has 0 aliphatic heterocycles. The zero-order valence-electron chi connectivity index (χ0n) is 15.6. The van der Waals surface area contributed by atoms with Gasteiger partial charge in [0, 0.05) is 30.6 Å². The first-order valence-electron chi connectivity index (χ1n) is 8.91. The van der Waals surface area contributed by atoms with Gasteiger partial charge >= 0.3 is 0 Å². The molecule has 1 aromatic heterocycles. The zero-order valence-corrected chi connectivity index (χ0v) is 15.6. The molecule has 0 unspecified atom stereocenters. The second-order valence-corrected chi connectivity index (χ2v) is 6.96. The molecule has 1 aromatic carbocycles. The first-order chi connectivity index (χ1) is 11.9. The highest BCUT2D eigenvalue weighted by molar-refractivity contribution is 5.73. The van der Waals surface area contributed by atoms with E-state index in [4.69, 9.17) is 10.5 Å². The molecule has 2 aromatic rings. The van der Waals surface area contributed by atoms with Crippen LogP contribution in [0.25, 0.3) is 0 Å². The Morgan fingerprint density at radius 3 is 2.68 bits per heavy atom. The highest BCUT2D eigenvalue weighted by atomic mass is 16.5. The van der Waals surface area contributed by atoms with E-state index >= 15 is 0 Å². The molecule has 0 saturated carbocycles. The monoisotopic (exact) mass is 341 g/mol.